The van der Waals surface area contributed by atoms with Crippen LogP contribution < -0.4 is 5.32 Å². The molecule has 10 heteroatoms. The molecule has 132 valence electrons. The van der Waals surface area contributed by atoms with E-state index in [-0.39, 0.29) is 17.2 Å². The number of carbonyl (C=O) groups excluding carboxylic acids is 1. The van der Waals surface area contributed by atoms with Gasteiger partial charge in [-0.15, -0.1) is 5.10 Å². The van der Waals surface area contributed by atoms with Gasteiger partial charge >= 0.3 is 5.97 Å². The fourth-order valence-electron chi connectivity index (χ4n) is 2.04. The van der Waals surface area contributed by atoms with Crippen LogP contribution in [0.15, 0.2) is 53.7 Å². The van der Waals surface area contributed by atoms with Crippen LogP contribution in [0, 0.1) is 0 Å². The number of carboxylic acids is 1. The lowest BCUT2D eigenvalue weighted by Crippen LogP contribution is -2.14. The smallest absolute Gasteiger partial charge is 0.335 e. The number of tetrazole rings is 1. The number of anilines is 1. The Labute approximate surface area is 157 Å². The van der Waals surface area contributed by atoms with E-state index in [2.05, 4.69) is 20.8 Å². The first-order chi connectivity index (χ1) is 12.5. The van der Waals surface area contributed by atoms with E-state index in [9.17, 15) is 9.59 Å². The van der Waals surface area contributed by atoms with Crippen molar-refractivity contribution in [1.82, 2.24) is 20.2 Å². The zero-order valence-electron chi connectivity index (χ0n) is 13.2. The van der Waals surface area contributed by atoms with E-state index in [1.807, 2.05) is 0 Å². The van der Waals surface area contributed by atoms with E-state index in [1.165, 1.54) is 16.8 Å². The summed E-state index contributed by atoms with van der Waals surface area (Å²) < 4.78 is 1.44. The molecule has 0 aliphatic carbocycles. The summed E-state index contributed by atoms with van der Waals surface area (Å²) in [5.74, 6) is -1.12. The number of rotatable bonds is 6. The number of aromatic carboxylic acids is 1. The lowest BCUT2D eigenvalue weighted by atomic mass is 10.2. The van der Waals surface area contributed by atoms with Gasteiger partial charge in [0.1, 0.15) is 0 Å². The number of hydrogen-bond donors (Lipinski definition) is 2. The van der Waals surface area contributed by atoms with Gasteiger partial charge in [0.25, 0.3) is 0 Å². The van der Waals surface area contributed by atoms with Gasteiger partial charge in [0.15, 0.2) is 0 Å². The number of halogens is 1. The Balaban J connectivity index is 1.64. The summed E-state index contributed by atoms with van der Waals surface area (Å²) in [5.41, 5.74) is 1.41. The normalized spacial score (nSPS) is 10.5. The van der Waals surface area contributed by atoms with Crippen molar-refractivity contribution in [1.29, 1.82) is 0 Å². The SMILES string of the molecule is O=C(CSc1nnnn1-c1ccc(C(=O)O)cc1)Nc1ccc(Cl)cc1. The Morgan fingerprint density at radius 3 is 2.46 bits per heavy atom. The van der Waals surface area contributed by atoms with Gasteiger partial charge in [0, 0.05) is 10.7 Å². The number of amides is 1. The van der Waals surface area contributed by atoms with Crippen LogP contribution in [0.2, 0.25) is 5.02 Å². The van der Waals surface area contributed by atoms with E-state index in [4.69, 9.17) is 16.7 Å². The fraction of sp³-hybridized carbons (Fsp3) is 0.0625. The molecule has 3 aromatic rings. The van der Waals surface area contributed by atoms with Gasteiger partial charge in [-0.3, -0.25) is 4.79 Å². The lowest BCUT2D eigenvalue weighted by molar-refractivity contribution is -0.113. The Morgan fingerprint density at radius 2 is 1.81 bits per heavy atom. The van der Waals surface area contributed by atoms with E-state index in [1.54, 1.807) is 36.4 Å². The van der Waals surface area contributed by atoms with Crippen LogP contribution in [-0.4, -0.2) is 42.9 Å². The largest absolute Gasteiger partial charge is 0.478 e. The maximum absolute atomic E-state index is 12.1. The standard InChI is InChI=1S/C16H12ClN5O3S/c17-11-3-5-12(6-4-11)18-14(23)9-26-16-19-20-21-22(16)13-7-1-10(2-8-13)15(24)25/h1-8H,9H2,(H,18,23)(H,24,25). The monoisotopic (exact) mass is 389 g/mol. The number of thioether (sulfide) groups is 1. The molecule has 0 unspecified atom stereocenters. The van der Waals surface area contributed by atoms with Gasteiger partial charge in [-0.2, -0.15) is 4.68 Å². The summed E-state index contributed by atoms with van der Waals surface area (Å²) in [7, 11) is 0. The molecule has 1 amide bonds. The second-order valence-corrected chi connectivity index (χ2v) is 6.45. The lowest BCUT2D eigenvalue weighted by Gasteiger charge is -2.06. The number of carbonyl (C=O) groups is 2. The topological polar surface area (TPSA) is 110 Å². The van der Waals surface area contributed by atoms with E-state index >= 15 is 0 Å². The van der Waals surface area contributed by atoms with Gasteiger partial charge in [-0.05, 0) is 59.0 Å². The molecule has 0 bridgehead atoms. The zero-order chi connectivity index (χ0) is 18.5. The summed E-state index contributed by atoms with van der Waals surface area (Å²) >= 11 is 6.97. The van der Waals surface area contributed by atoms with Crippen molar-refractivity contribution in [3.05, 3.63) is 59.1 Å². The van der Waals surface area contributed by atoms with Crippen molar-refractivity contribution in [2.45, 2.75) is 5.16 Å². The molecule has 8 nitrogen and oxygen atoms in total. The molecule has 2 N–H and O–H groups in total. The molecule has 3 rings (SSSR count). The molecule has 2 aromatic carbocycles. The van der Waals surface area contributed by atoms with E-state index in [0.717, 1.165) is 11.8 Å². The first kappa shape index (κ1) is 17.9. The van der Waals surface area contributed by atoms with Gasteiger partial charge in [-0.1, -0.05) is 23.4 Å². The highest BCUT2D eigenvalue weighted by atomic mass is 35.5. The summed E-state index contributed by atoms with van der Waals surface area (Å²) in [6.07, 6.45) is 0. The third-order valence-corrected chi connectivity index (χ3v) is 4.43. The van der Waals surface area contributed by atoms with Gasteiger partial charge in [0.2, 0.25) is 11.1 Å². The molecule has 1 heterocycles. The van der Waals surface area contributed by atoms with Crippen LogP contribution in [0.25, 0.3) is 5.69 Å². The predicted octanol–water partition coefficient (Wildman–Crippen LogP) is 2.74. The van der Waals surface area contributed by atoms with Gasteiger partial charge in [0.05, 0.1) is 17.0 Å². The average molecular weight is 390 g/mol. The van der Waals surface area contributed by atoms with Crippen molar-refractivity contribution in [2.24, 2.45) is 0 Å². The second-order valence-electron chi connectivity index (χ2n) is 5.07. The van der Waals surface area contributed by atoms with Crippen LogP contribution in [-0.2, 0) is 4.79 Å². The number of benzene rings is 2. The molecular weight excluding hydrogens is 378 g/mol. The van der Waals surface area contributed by atoms with Crippen LogP contribution in [0.3, 0.4) is 0 Å². The minimum Gasteiger partial charge on any atom is -0.478 e. The number of nitrogens with zero attached hydrogens (tertiary/aromatic N) is 4. The van der Waals surface area contributed by atoms with Crippen LogP contribution >= 0.6 is 23.4 Å². The van der Waals surface area contributed by atoms with E-state index in [0.29, 0.717) is 21.6 Å². The quantitative estimate of drug-likeness (QED) is 0.623. The van der Waals surface area contributed by atoms with Crippen molar-refractivity contribution >= 4 is 40.9 Å². The maximum atomic E-state index is 12.1. The summed E-state index contributed by atoms with van der Waals surface area (Å²) in [5, 5.41) is 24.1. The fourth-order valence-corrected chi connectivity index (χ4v) is 2.85. The van der Waals surface area contributed by atoms with Crippen molar-refractivity contribution in [2.75, 3.05) is 11.1 Å². The van der Waals surface area contributed by atoms with Gasteiger partial charge < -0.3 is 10.4 Å². The van der Waals surface area contributed by atoms with Crippen LogP contribution in [0.4, 0.5) is 5.69 Å². The molecule has 0 aliphatic rings. The highest BCUT2D eigenvalue weighted by Gasteiger charge is 2.12. The Kier molecular flexibility index (Phi) is 5.49. The third-order valence-electron chi connectivity index (χ3n) is 3.26. The summed E-state index contributed by atoms with van der Waals surface area (Å²) in [6, 6.07) is 12.9. The molecule has 0 radical (unpaired) electrons. The number of carboxylic acid groups (broad SMARTS) is 1. The molecule has 0 spiro atoms. The second kappa shape index (κ2) is 7.98. The Bertz CT molecular complexity index is 928. The third kappa shape index (κ3) is 4.38. The summed E-state index contributed by atoms with van der Waals surface area (Å²) in [6.45, 7) is 0. The average Bonchev–Trinajstić information content (AvgIpc) is 3.10. The number of hydrogen-bond acceptors (Lipinski definition) is 6. The number of nitrogens with one attached hydrogen (secondary N) is 1. The first-order valence-corrected chi connectivity index (χ1v) is 8.69. The van der Waals surface area contributed by atoms with Crippen LogP contribution in [0.1, 0.15) is 10.4 Å². The highest BCUT2D eigenvalue weighted by Crippen LogP contribution is 2.19. The predicted molar refractivity (Wildman–Crippen MR) is 96.9 cm³/mol. The molecule has 0 fully saturated rings. The minimum atomic E-state index is -1.01. The molecule has 0 aliphatic heterocycles. The Morgan fingerprint density at radius 1 is 1.12 bits per heavy atom. The van der Waals surface area contributed by atoms with Gasteiger partial charge in [-0.25, -0.2) is 4.79 Å². The molecule has 26 heavy (non-hydrogen) atoms. The minimum absolute atomic E-state index is 0.107. The van der Waals surface area contributed by atoms with E-state index < -0.39 is 5.97 Å². The molecule has 0 saturated heterocycles. The van der Waals surface area contributed by atoms with Crippen molar-refractivity contribution in [3.63, 3.8) is 0 Å². The van der Waals surface area contributed by atoms with Crippen LogP contribution in [0.5, 0.6) is 0 Å². The maximum Gasteiger partial charge on any atom is 0.335 e. The summed E-state index contributed by atoms with van der Waals surface area (Å²) in [4.78, 5) is 23.0. The molecule has 1 aromatic heterocycles. The Hall–Kier alpha value is -2.91. The number of aromatic nitrogens is 4. The zero-order valence-corrected chi connectivity index (χ0v) is 14.7. The molecule has 0 atom stereocenters. The van der Waals surface area contributed by atoms with Crippen molar-refractivity contribution in [3.8, 4) is 5.69 Å². The molecule has 0 saturated carbocycles. The highest BCUT2D eigenvalue weighted by molar-refractivity contribution is 7.99. The molecular formula is C16H12ClN5O3S. The first-order valence-electron chi connectivity index (χ1n) is 7.33. The van der Waals surface area contributed by atoms with Crippen molar-refractivity contribution < 1.29 is 14.7 Å².